The van der Waals surface area contributed by atoms with E-state index in [2.05, 4.69) is 32.7 Å². The first kappa shape index (κ1) is 21.5. The molecule has 0 radical (unpaired) electrons. The Balaban J connectivity index is 1.51. The smallest absolute Gasteiger partial charge is 0.351 e. The summed E-state index contributed by atoms with van der Waals surface area (Å²) in [7, 11) is 2.00. The van der Waals surface area contributed by atoms with Gasteiger partial charge in [-0.15, -0.1) is 5.10 Å². The third-order valence-electron chi connectivity index (χ3n) is 4.48. The molecule has 0 unspecified atom stereocenters. The lowest BCUT2D eigenvalue weighted by Gasteiger charge is -2.16. The summed E-state index contributed by atoms with van der Waals surface area (Å²) in [4.78, 5) is 14.4. The number of nitrogens with one attached hydrogen (secondary N) is 1. The Morgan fingerprint density at radius 2 is 1.80 bits per heavy atom. The molecule has 6 nitrogen and oxygen atoms in total. The van der Waals surface area contributed by atoms with Crippen molar-refractivity contribution in [3.8, 4) is 5.69 Å². The Bertz CT molecular complexity index is 972. The van der Waals surface area contributed by atoms with E-state index in [1.54, 1.807) is 0 Å². The van der Waals surface area contributed by atoms with Crippen molar-refractivity contribution >= 4 is 5.91 Å². The van der Waals surface area contributed by atoms with E-state index in [4.69, 9.17) is 0 Å². The number of carbonyl (C=O) groups is 1. The SMILES string of the molecule is CN(CCCNC(=O)c1cn(-c2ccccc2C(F)(F)F)nn1)Cc1ccccc1. The van der Waals surface area contributed by atoms with Crippen LogP contribution in [0.1, 0.15) is 28.0 Å². The molecule has 0 bridgehead atoms. The van der Waals surface area contributed by atoms with Crippen molar-refractivity contribution in [1.82, 2.24) is 25.2 Å². The van der Waals surface area contributed by atoms with Crippen LogP contribution in [0.4, 0.5) is 13.2 Å². The minimum atomic E-state index is -4.53. The number of carbonyl (C=O) groups excluding carboxylic acids is 1. The van der Waals surface area contributed by atoms with Gasteiger partial charge in [0.2, 0.25) is 0 Å². The normalized spacial score (nSPS) is 11.6. The van der Waals surface area contributed by atoms with Crippen molar-refractivity contribution in [2.75, 3.05) is 20.1 Å². The molecule has 0 aliphatic carbocycles. The molecule has 2 aromatic carbocycles. The van der Waals surface area contributed by atoms with Crippen molar-refractivity contribution < 1.29 is 18.0 Å². The molecule has 9 heteroatoms. The maximum atomic E-state index is 13.2. The quantitative estimate of drug-likeness (QED) is 0.570. The van der Waals surface area contributed by atoms with E-state index >= 15 is 0 Å². The van der Waals surface area contributed by atoms with E-state index < -0.39 is 17.6 Å². The fourth-order valence-electron chi connectivity index (χ4n) is 3.01. The number of hydrogen-bond donors (Lipinski definition) is 1. The van der Waals surface area contributed by atoms with Gasteiger partial charge >= 0.3 is 6.18 Å². The molecule has 1 heterocycles. The second kappa shape index (κ2) is 9.53. The number of nitrogens with zero attached hydrogens (tertiary/aromatic N) is 4. The van der Waals surface area contributed by atoms with Gasteiger partial charge in [-0.2, -0.15) is 13.2 Å². The van der Waals surface area contributed by atoms with Crippen LogP contribution in [-0.2, 0) is 12.7 Å². The molecular weight excluding hydrogens is 395 g/mol. The zero-order valence-corrected chi connectivity index (χ0v) is 16.4. The summed E-state index contributed by atoms with van der Waals surface area (Å²) in [5, 5.41) is 10.1. The molecule has 0 saturated carbocycles. The summed E-state index contributed by atoms with van der Waals surface area (Å²) in [6.07, 6.45) is -2.61. The van der Waals surface area contributed by atoms with Crippen molar-refractivity contribution in [2.45, 2.75) is 19.1 Å². The predicted molar refractivity (Wildman–Crippen MR) is 106 cm³/mol. The first-order chi connectivity index (χ1) is 14.3. The minimum Gasteiger partial charge on any atom is -0.351 e. The number of hydrogen-bond acceptors (Lipinski definition) is 4. The average molecular weight is 417 g/mol. The molecule has 0 aliphatic heterocycles. The molecule has 3 rings (SSSR count). The second-order valence-corrected chi connectivity index (χ2v) is 6.90. The minimum absolute atomic E-state index is 0.0374. The van der Waals surface area contributed by atoms with E-state index in [1.165, 1.54) is 30.0 Å². The van der Waals surface area contributed by atoms with Crippen LogP contribution in [0.25, 0.3) is 5.69 Å². The zero-order chi connectivity index (χ0) is 21.6. The van der Waals surface area contributed by atoms with Crippen LogP contribution in [0.2, 0.25) is 0 Å². The summed E-state index contributed by atoms with van der Waals surface area (Å²) in [6.45, 7) is 2.01. The maximum absolute atomic E-state index is 13.2. The van der Waals surface area contributed by atoms with E-state index in [-0.39, 0.29) is 11.4 Å². The van der Waals surface area contributed by atoms with Gasteiger partial charge in [-0.1, -0.05) is 47.7 Å². The number of rotatable bonds is 8. The Morgan fingerprint density at radius 1 is 1.10 bits per heavy atom. The number of benzene rings is 2. The topological polar surface area (TPSA) is 63.1 Å². The van der Waals surface area contributed by atoms with Crippen molar-refractivity contribution in [2.24, 2.45) is 0 Å². The number of para-hydroxylation sites is 1. The molecule has 158 valence electrons. The summed E-state index contributed by atoms with van der Waals surface area (Å²) in [5.41, 5.74) is 0.145. The molecular formula is C21H22F3N5O. The molecule has 1 aromatic heterocycles. The van der Waals surface area contributed by atoms with Crippen molar-refractivity contribution in [1.29, 1.82) is 0 Å². The van der Waals surface area contributed by atoms with Crippen LogP contribution in [0, 0.1) is 0 Å². The summed E-state index contributed by atoms with van der Waals surface area (Å²) in [5.74, 6) is -0.476. The van der Waals surface area contributed by atoms with Gasteiger partial charge < -0.3 is 10.2 Å². The lowest BCUT2D eigenvalue weighted by molar-refractivity contribution is -0.137. The third-order valence-corrected chi connectivity index (χ3v) is 4.48. The van der Waals surface area contributed by atoms with Crippen LogP contribution < -0.4 is 5.32 Å². The third kappa shape index (κ3) is 5.66. The van der Waals surface area contributed by atoms with Crippen LogP contribution in [-0.4, -0.2) is 45.9 Å². The zero-order valence-electron chi connectivity index (χ0n) is 16.4. The molecule has 3 aromatic rings. The van der Waals surface area contributed by atoms with Gasteiger partial charge in [0.15, 0.2) is 5.69 Å². The summed E-state index contributed by atoms with van der Waals surface area (Å²) < 4.78 is 40.5. The van der Waals surface area contributed by atoms with E-state index in [1.807, 2.05) is 25.2 Å². The number of amides is 1. The monoisotopic (exact) mass is 417 g/mol. The van der Waals surface area contributed by atoms with Gasteiger partial charge in [-0.05, 0) is 37.7 Å². The molecule has 1 N–H and O–H groups in total. The highest BCUT2D eigenvalue weighted by molar-refractivity contribution is 5.91. The Labute approximate surface area is 172 Å². The Hall–Kier alpha value is -3.20. The lowest BCUT2D eigenvalue weighted by atomic mass is 10.1. The van der Waals surface area contributed by atoms with E-state index in [0.717, 1.165) is 30.3 Å². The molecule has 0 spiro atoms. The molecule has 1 amide bonds. The average Bonchev–Trinajstić information content (AvgIpc) is 3.21. The number of alkyl halides is 3. The predicted octanol–water partition coefficient (Wildman–Crippen LogP) is 3.54. The Kier molecular flexibility index (Phi) is 6.83. The fourth-order valence-corrected chi connectivity index (χ4v) is 3.01. The molecule has 0 fully saturated rings. The van der Waals surface area contributed by atoms with Gasteiger partial charge in [0, 0.05) is 13.1 Å². The van der Waals surface area contributed by atoms with E-state index in [9.17, 15) is 18.0 Å². The van der Waals surface area contributed by atoms with Crippen molar-refractivity contribution in [3.63, 3.8) is 0 Å². The second-order valence-electron chi connectivity index (χ2n) is 6.90. The van der Waals surface area contributed by atoms with Gasteiger partial charge in [-0.25, -0.2) is 4.68 Å². The first-order valence-corrected chi connectivity index (χ1v) is 9.44. The lowest BCUT2D eigenvalue weighted by Crippen LogP contribution is -2.28. The van der Waals surface area contributed by atoms with Crippen molar-refractivity contribution in [3.05, 3.63) is 77.6 Å². The largest absolute Gasteiger partial charge is 0.418 e. The van der Waals surface area contributed by atoms with Gasteiger partial charge in [0.25, 0.3) is 5.91 Å². The highest BCUT2D eigenvalue weighted by Crippen LogP contribution is 2.33. The molecule has 0 atom stereocenters. The standard InChI is InChI=1S/C21H22F3N5O/c1-28(14-16-8-3-2-4-9-16)13-7-12-25-20(30)18-15-29(27-26-18)19-11-6-5-10-17(19)21(22,23)24/h2-6,8-11,15H,7,12-14H2,1H3,(H,25,30). The highest BCUT2D eigenvalue weighted by Gasteiger charge is 2.34. The van der Waals surface area contributed by atoms with E-state index in [0.29, 0.717) is 6.54 Å². The van der Waals surface area contributed by atoms with Crippen LogP contribution in [0.3, 0.4) is 0 Å². The van der Waals surface area contributed by atoms with Crippen LogP contribution in [0.5, 0.6) is 0 Å². The number of aromatic nitrogens is 3. The number of halogens is 3. The van der Waals surface area contributed by atoms with Crippen LogP contribution >= 0.6 is 0 Å². The fraction of sp³-hybridized carbons (Fsp3) is 0.286. The highest BCUT2D eigenvalue weighted by atomic mass is 19.4. The molecule has 30 heavy (non-hydrogen) atoms. The Morgan fingerprint density at radius 3 is 2.53 bits per heavy atom. The summed E-state index contributed by atoms with van der Waals surface area (Å²) in [6, 6.07) is 15.1. The maximum Gasteiger partial charge on any atom is 0.418 e. The van der Waals surface area contributed by atoms with Gasteiger partial charge in [0.1, 0.15) is 0 Å². The van der Waals surface area contributed by atoms with Gasteiger partial charge in [-0.3, -0.25) is 4.79 Å². The summed E-state index contributed by atoms with van der Waals surface area (Å²) >= 11 is 0. The molecule has 0 aliphatic rings. The van der Waals surface area contributed by atoms with Crippen LogP contribution in [0.15, 0.2) is 60.8 Å². The molecule has 0 saturated heterocycles. The first-order valence-electron chi connectivity index (χ1n) is 9.44. The van der Waals surface area contributed by atoms with Gasteiger partial charge in [0.05, 0.1) is 17.4 Å².